The lowest BCUT2D eigenvalue weighted by atomic mass is 10.0. The van der Waals surface area contributed by atoms with Crippen molar-refractivity contribution in [3.8, 4) is 22.3 Å². The van der Waals surface area contributed by atoms with Crippen LogP contribution in [-0.4, -0.2) is 44.0 Å². The molecule has 47 heavy (non-hydrogen) atoms. The number of hydrogen-bond acceptors (Lipinski definition) is 7. The minimum atomic E-state index is -4.08. The third kappa shape index (κ3) is 8.09. The van der Waals surface area contributed by atoms with Crippen LogP contribution in [0.4, 0.5) is 11.4 Å². The predicted octanol–water partition coefficient (Wildman–Crippen LogP) is 6.62. The molecule has 1 aliphatic heterocycles. The largest absolute Gasteiger partial charge is 0.398 e. The smallest absolute Gasteiger partial charge is 0.377 e. The summed E-state index contributed by atoms with van der Waals surface area (Å²) in [7, 11) is -8.15. The molecule has 0 fully saturated rings. The van der Waals surface area contributed by atoms with Crippen LogP contribution in [0.2, 0.25) is 0 Å². The summed E-state index contributed by atoms with van der Waals surface area (Å²) in [5.41, 5.74) is 7.45. The predicted molar refractivity (Wildman–Crippen MR) is 184 cm³/mol. The zero-order valence-corrected chi connectivity index (χ0v) is 27.3. The molecule has 0 amide bonds. The minimum Gasteiger partial charge on any atom is -0.398 e. The third-order valence-corrected chi connectivity index (χ3v) is 9.72. The van der Waals surface area contributed by atoms with E-state index >= 15 is 0 Å². The molecule has 3 N–H and O–H groups in total. The van der Waals surface area contributed by atoms with Crippen molar-refractivity contribution in [1.29, 1.82) is 0 Å². The Balaban J connectivity index is 1.39. The van der Waals surface area contributed by atoms with Gasteiger partial charge in [0.2, 0.25) is 5.58 Å². The molecule has 0 saturated carbocycles. The minimum absolute atomic E-state index is 0.277. The van der Waals surface area contributed by atoms with Gasteiger partial charge < -0.3 is 14.6 Å². The van der Waals surface area contributed by atoms with E-state index in [0.717, 1.165) is 45.0 Å². The summed E-state index contributed by atoms with van der Waals surface area (Å²) in [6.07, 6.45) is 3.45. The summed E-state index contributed by atoms with van der Waals surface area (Å²) in [5, 5.41) is 3.50. The third-order valence-electron chi connectivity index (χ3n) is 8.11. The molecular formula is C35H36N3O7S2+. The first kappa shape index (κ1) is 32.5. The van der Waals surface area contributed by atoms with E-state index < -0.39 is 20.2 Å². The van der Waals surface area contributed by atoms with Crippen LogP contribution in [0, 0.1) is 0 Å². The molecule has 4 aromatic carbocycles. The first-order valence-electron chi connectivity index (χ1n) is 15.4. The fourth-order valence-electron chi connectivity index (χ4n) is 5.84. The highest BCUT2D eigenvalue weighted by atomic mass is 32.2. The van der Waals surface area contributed by atoms with Gasteiger partial charge in [0.1, 0.15) is 5.82 Å². The summed E-state index contributed by atoms with van der Waals surface area (Å²) in [4.78, 5) is 2.08. The van der Waals surface area contributed by atoms with Gasteiger partial charge in [-0.05, 0) is 59.7 Å². The summed E-state index contributed by atoms with van der Waals surface area (Å²) in [6.45, 7) is 0.922. The van der Waals surface area contributed by atoms with E-state index in [1.165, 1.54) is 0 Å². The average Bonchev–Trinajstić information content (AvgIpc) is 3.57. The van der Waals surface area contributed by atoms with Gasteiger partial charge in [0, 0.05) is 19.0 Å². The molecule has 1 aromatic heterocycles. The normalized spacial score (nSPS) is 14.1. The van der Waals surface area contributed by atoms with Gasteiger partial charge >= 0.3 is 5.89 Å². The molecule has 0 aliphatic carbocycles. The van der Waals surface area contributed by atoms with Gasteiger partial charge in [-0.2, -0.15) is 21.4 Å². The van der Waals surface area contributed by atoms with E-state index in [1.54, 1.807) is 0 Å². The van der Waals surface area contributed by atoms with Crippen molar-refractivity contribution >= 4 is 48.8 Å². The zero-order chi connectivity index (χ0) is 33.0. The number of hydrogen-bond donors (Lipinski definition) is 3. The Hall–Kier alpha value is -4.49. The van der Waals surface area contributed by atoms with Crippen molar-refractivity contribution < 1.29 is 34.9 Å². The number of oxazole rings is 1. The second-order valence-electron chi connectivity index (χ2n) is 11.5. The van der Waals surface area contributed by atoms with Crippen molar-refractivity contribution in [1.82, 2.24) is 0 Å². The Morgan fingerprint density at radius 3 is 1.94 bits per heavy atom. The molecule has 0 unspecified atom stereocenters. The van der Waals surface area contributed by atoms with E-state index in [1.807, 2.05) is 95.6 Å². The highest BCUT2D eigenvalue weighted by Crippen LogP contribution is 2.40. The summed E-state index contributed by atoms with van der Waals surface area (Å²) in [5.74, 6) is 0.623. The topological polar surface area (TPSA) is 141 Å². The van der Waals surface area contributed by atoms with E-state index in [9.17, 15) is 25.9 Å². The van der Waals surface area contributed by atoms with Crippen LogP contribution in [0.3, 0.4) is 0 Å². The maximum absolute atomic E-state index is 11.4. The van der Waals surface area contributed by atoms with Crippen molar-refractivity contribution in [3.05, 3.63) is 109 Å². The molecule has 6 rings (SSSR count). The van der Waals surface area contributed by atoms with Crippen LogP contribution < -0.4 is 14.8 Å². The monoisotopic (exact) mass is 674 g/mol. The molecule has 244 valence electrons. The Morgan fingerprint density at radius 1 is 0.702 bits per heavy atom. The van der Waals surface area contributed by atoms with Gasteiger partial charge in [-0.3, -0.25) is 9.11 Å². The molecule has 0 atom stereocenters. The lowest BCUT2D eigenvalue weighted by Gasteiger charge is -2.20. The molecule has 0 spiro atoms. The van der Waals surface area contributed by atoms with Crippen molar-refractivity contribution in [2.75, 3.05) is 28.3 Å². The summed E-state index contributed by atoms with van der Waals surface area (Å²) in [6, 6.07) is 32.1. The van der Waals surface area contributed by atoms with Gasteiger partial charge in [0.15, 0.2) is 6.54 Å². The van der Waals surface area contributed by atoms with Crippen LogP contribution >= 0.6 is 0 Å². The molecule has 0 saturated heterocycles. The number of nitrogens with zero attached hydrogens (tertiary/aromatic N) is 2. The van der Waals surface area contributed by atoms with Crippen LogP contribution in [-0.2, 0) is 26.8 Å². The number of aryl methyl sites for hydroxylation is 1. The zero-order valence-electron chi connectivity index (χ0n) is 25.6. The second kappa shape index (κ2) is 13.7. The molecular weight excluding hydrogens is 639 g/mol. The number of rotatable bonds is 13. The molecule has 5 aromatic rings. The van der Waals surface area contributed by atoms with Gasteiger partial charge in [-0.25, -0.2) is 0 Å². The van der Waals surface area contributed by atoms with Crippen LogP contribution in [0.1, 0.15) is 31.6 Å². The van der Waals surface area contributed by atoms with Gasteiger partial charge in [-0.1, -0.05) is 72.8 Å². The van der Waals surface area contributed by atoms with Crippen molar-refractivity contribution in [2.45, 2.75) is 32.2 Å². The van der Waals surface area contributed by atoms with E-state index in [4.69, 9.17) is 4.42 Å². The Kier molecular flexibility index (Phi) is 9.46. The first-order chi connectivity index (χ1) is 22.5. The number of benzene rings is 4. The first-order valence-corrected chi connectivity index (χ1v) is 18.6. The fourth-order valence-corrected chi connectivity index (χ4v) is 6.97. The van der Waals surface area contributed by atoms with Crippen molar-refractivity contribution in [2.24, 2.45) is 0 Å². The average molecular weight is 675 g/mol. The number of nitrogens with one attached hydrogen (secondary N) is 1. The standard InChI is InChI=1S/C35H35N3O7S2/c39-46(40,41)21-9-7-19-37-31-23-28(26-11-3-1-4-12-26)15-17-30(31)36-34(37)25-35-38(20-8-10-22-47(42,43)44)32-24-29(16-18-33(32)45-35)27-13-5-2-6-14-27/h1-6,11-18,23-25H,7-10,19-22H2,(H2,39,40,41,42,43,44)/p+1. The van der Waals surface area contributed by atoms with Crippen LogP contribution in [0.15, 0.2) is 107 Å². The van der Waals surface area contributed by atoms with Crippen LogP contribution in [0.25, 0.3) is 39.4 Å². The van der Waals surface area contributed by atoms with E-state index in [-0.39, 0.29) is 24.3 Å². The van der Waals surface area contributed by atoms with Gasteiger partial charge in [-0.15, -0.1) is 0 Å². The second-order valence-corrected chi connectivity index (χ2v) is 14.7. The maximum atomic E-state index is 11.4. The highest BCUT2D eigenvalue weighted by Gasteiger charge is 2.29. The SMILES string of the molecule is O=S(=O)(O)CCCCN1C(=Cc2oc3ccc(-c4ccccc4)cc3[n+]2CCCCS(=O)(=O)O)Nc2ccc(-c3ccccc3)cc21. The molecule has 2 heterocycles. The quantitative estimate of drug-likeness (QED) is 0.0714. The molecule has 0 bridgehead atoms. The number of aromatic nitrogens is 1. The van der Waals surface area contributed by atoms with E-state index in [2.05, 4.69) is 22.3 Å². The van der Waals surface area contributed by atoms with Crippen LogP contribution in [0.5, 0.6) is 0 Å². The Morgan fingerprint density at radius 2 is 1.30 bits per heavy atom. The summed E-state index contributed by atoms with van der Waals surface area (Å²) < 4.78 is 72.5. The number of fused-ring (bicyclic) bond motifs is 2. The lowest BCUT2D eigenvalue weighted by molar-refractivity contribution is -0.678. The van der Waals surface area contributed by atoms with Crippen molar-refractivity contribution in [3.63, 3.8) is 0 Å². The molecule has 1 aliphatic rings. The molecule has 0 radical (unpaired) electrons. The fraction of sp³-hybridized carbons (Fsp3) is 0.229. The van der Waals surface area contributed by atoms with Gasteiger partial charge in [0.05, 0.1) is 29.0 Å². The Labute approximate surface area is 274 Å². The van der Waals surface area contributed by atoms with E-state index in [0.29, 0.717) is 37.4 Å². The molecule has 10 nitrogen and oxygen atoms in total. The number of anilines is 2. The maximum Gasteiger partial charge on any atom is 0.377 e. The summed E-state index contributed by atoms with van der Waals surface area (Å²) >= 11 is 0. The molecule has 12 heteroatoms. The highest BCUT2D eigenvalue weighted by molar-refractivity contribution is 7.86. The van der Waals surface area contributed by atoms with Gasteiger partial charge in [0.25, 0.3) is 25.8 Å². The number of unbranched alkanes of at least 4 members (excludes halogenated alkanes) is 2. The lowest BCUT2D eigenvalue weighted by Crippen LogP contribution is -2.36. The Bertz CT molecular complexity index is 2130.